The first-order valence-electron chi connectivity index (χ1n) is 5.52. The van der Waals surface area contributed by atoms with Crippen molar-refractivity contribution in [2.75, 3.05) is 0 Å². The minimum Gasteiger partial charge on any atom is -0.300 e. The molecule has 19 heavy (non-hydrogen) atoms. The van der Waals surface area contributed by atoms with Gasteiger partial charge in [-0.05, 0) is 6.07 Å². The Morgan fingerprint density at radius 2 is 2.11 bits per heavy atom. The topological polar surface area (TPSA) is 60.4 Å². The van der Waals surface area contributed by atoms with Gasteiger partial charge in [-0.15, -0.1) is 0 Å². The van der Waals surface area contributed by atoms with E-state index in [1.807, 2.05) is 10.5 Å². The second-order valence-corrected chi connectivity index (χ2v) is 4.46. The molecule has 0 spiro atoms. The fourth-order valence-electron chi connectivity index (χ4n) is 1.95. The van der Waals surface area contributed by atoms with Crippen LogP contribution in [-0.4, -0.2) is 14.3 Å². The van der Waals surface area contributed by atoms with Gasteiger partial charge in [-0.3, -0.25) is 14.5 Å². The fourth-order valence-corrected chi connectivity index (χ4v) is 2.10. The van der Waals surface area contributed by atoms with Gasteiger partial charge in [0.1, 0.15) is 5.65 Å². The summed E-state index contributed by atoms with van der Waals surface area (Å²) in [5.41, 5.74) is 2.29. The summed E-state index contributed by atoms with van der Waals surface area (Å²) < 4.78 is 1.84. The molecule has 0 atom stereocenters. The molecule has 0 N–H and O–H groups in total. The zero-order chi connectivity index (χ0) is 13.4. The molecule has 0 radical (unpaired) electrons. The molecule has 0 bridgehead atoms. The van der Waals surface area contributed by atoms with Crippen LogP contribution in [0.3, 0.4) is 0 Å². The molecule has 3 aromatic rings. The molecule has 0 amide bonds. The lowest BCUT2D eigenvalue weighted by molar-refractivity contribution is -0.384. The lowest BCUT2D eigenvalue weighted by Gasteiger charge is -2.02. The number of benzene rings is 1. The van der Waals surface area contributed by atoms with Crippen LogP contribution >= 0.6 is 11.6 Å². The van der Waals surface area contributed by atoms with Crippen molar-refractivity contribution in [1.29, 1.82) is 0 Å². The summed E-state index contributed by atoms with van der Waals surface area (Å²) >= 11 is 5.90. The van der Waals surface area contributed by atoms with Crippen molar-refractivity contribution in [2.24, 2.45) is 0 Å². The molecule has 0 aliphatic carbocycles. The molecule has 0 saturated carbocycles. The van der Waals surface area contributed by atoms with Crippen LogP contribution in [0.15, 0.2) is 48.8 Å². The van der Waals surface area contributed by atoms with E-state index in [9.17, 15) is 10.1 Å². The van der Waals surface area contributed by atoms with E-state index in [2.05, 4.69) is 4.98 Å². The van der Waals surface area contributed by atoms with E-state index in [1.54, 1.807) is 30.6 Å². The molecule has 1 aromatic carbocycles. The van der Waals surface area contributed by atoms with Crippen molar-refractivity contribution in [3.8, 4) is 11.3 Å². The van der Waals surface area contributed by atoms with Gasteiger partial charge < -0.3 is 0 Å². The number of fused-ring (bicyclic) bond motifs is 1. The highest BCUT2D eigenvalue weighted by atomic mass is 35.5. The first kappa shape index (κ1) is 11.7. The lowest BCUT2D eigenvalue weighted by atomic mass is 10.1. The third-order valence-corrected chi connectivity index (χ3v) is 3.06. The molecule has 2 aromatic heterocycles. The molecular weight excluding hydrogens is 266 g/mol. The quantitative estimate of drug-likeness (QED) is 0.530. The number of hydrogen-bond acceptors (Lipinski definition) is 3. The normalized spacial score (nSPS) is 10.8. The van der Waals surface area contributed by atoms with Crippen LogP contribution in [0.2, 0.25) is 5.02 Å². The Morgan fingerprint density at radius 1 is 1.26 bits per heavy atom. The zero-order valence-corrected chi connectivity index (χ0v) is 10.4. The predicted molar refractivity (Wildman–Crippen MR) is 72.3 cm³/mol. The van der Waals surface area contributed by atoms with E-state index in [4.69, 9.17) is 11.6 Å². The van der Waals surface area contributed by atoms with Gasteiger partial charge >= 0.3 is 0 Å². The molecule has 0 aliphatic heterocycles. The number of non-ortho nitro benzene ring substituents is 1. The Balaban J connectivity index is 2.19. The van der Waals surface area contributed by atoms with Gasteiger partial charge in [0.2, 0.25) is 0 Å². The number of nitrogens with zero attached hydrogens (tertiary/aromatic N) is 3. The van der Waals surface area contributed by atoms with Crippen LogP contribution < -0.4 is 0 Å². The molecule has 94 valence electrons. The van der Waals surface area contributed by atoms with Gasteiger partial charge in [0.25, 0.3) is 5.69 Å². The number of halogens is 1. The molecule has 0 fully saturated rings. The van der Waals surface area contributed by atoms with E-state index in [0.29, 0.717) is 10.7 Å². The van der Waals surface area contributed by atoms with Crippen LogP contribution in [-0.2, 0) is 0 Å². The SMILES string of the molecule is O=[N+]([O-])c1cccc(-c2cnc3cc(Cl)ccn23)c1. The Kier molecular flexibility index (Phi) is 2.68. The Hall–Kier alpha value is -2.40. The van der Waals surface area contributed by atoms with Crippen LogP contribution in [0.25, 0.3) is 16.9 Å². The number of nitro groups is 1. The van der Waals surface area contributed by atoms with Crippen LogP contribution in [0.1, 0.15) is 0 Å². The smallest absolute Gasteiger partial charge is 0.270 e. The molecule has 0 saturated heterocycles. The Labute approximate surface area is 113 Å². The molecule has 3 rings (SSSR count). The third-order valence-electron chi connectivity index (χ3n) is 2.83. The Bertz CT molecular complexity index is 782. The number of nitro benzene ring substituents is 1. The van der Waals surface area contributed by atoms with Crippen molar-refractivity contribution in [1.82, 2.24) is 9.38 Å². The van der Waals surface area contributed by atoms with E-state index >= 15 is 0 Å². The summed E-state index contributed by atoms with van der Waals surface area (Å²) in [5, 5.41) is 11.4. The largest absolute Gasteiger partial charge is 0.300 e. The highest BCUT2D eigenvalue weighted by molar-refractivity contribution is 6.30. The van der Waals surface area contributed by atoms with Crippen LogP contribution in [0, 0.1) is 10.1 Å². The maximum Gasteiger partial charge on any atom is 0.270 e. The summed E-state index contributed by atoms with van der Waals surface area (Å²) in [4.78, 5) is 14.6. The maximum absolute atomic E-state index is 10.8. The van der Waals surface area contributed by atoms with Gasteiger partial charge in [-0.1, -0.05) is 23.7 Å². The van der Waals surface area contributed by atoms with Crippen molar-refractivity contribution in [3.63, 3.8) is 0 Å². The average Bonchev–Trinajstić information content (AvgIpc) is 2.81. The van der Waals surface area contributed by atoms with Crippen LogP contribution in [0.5, 0.6) is 0 Å². The summed E-state index contributed by atoms with van der Waals surface area (Å²) in [6, 6.07) is 9.94. The van der Waals surface area contributed by atoms with E-state index < -0.39 is 4.92 Å². The minimum absolute atomic E-state index is 0.0569. The summed E-state index contributed by atoms with van der Waals surface area (Å²) in [7, 11) is 0. The standard InChI is InChI=1S/C13H8ClN3O2/c14-10-4-5-16-12(8-15-13(16)7-10)9-2-1-3-11(6-9)17(18)19/h1-8H. The molecule has 5 nitrogen and oxygen atoms in total. The second-order valence-electron chi connectivity index (χ2n) is 4.02. The maximum atomic E-state index is 10.8. The van der Waals surface area contributed by atoms with Crippen LogP contribution in [0.4, 0.5) is 5.69 Å². The number of aromatic nitrogens is 2. The van der Waals surface area contributed by atoms with Crippen molar-refractivity contribution in [3.05, 3.63) is 63.9 Å². The zero-order valence-electron chi connectivity index (χ0n) is 9.65. The number of imidazole rings is 1. The van der Waals surface area contributed by atoms with Crippen molar-refractivity contribution >= 4 is 22.9 Å². The van der Waals surface area contributed by atoms with E-state index in [1.165, 1.54) is 12.1 Å². The summed E-state index contributed by atoms with van der Waals surface area (Å²) in [6.07, 6.45) is 3.46. The van der Waals surface area contributed by atoms with E-state index in [-0.39, 0.29) is 5.69 Å². The monoisotopic (exact) mass is 273 g/mol. The predicted octanol–water partition coefficient (Wildman–Crippen LogP) is 3.56. The van der Waals surface area contributed by atoms with Gasteiger partial charge in [-0.25, -0.2) is 4.98 Å². The molecule has 2 heterocycles. The highest BCUT2D eigenvalue weighted by Gasteiger charge is 2.10. The first-order valence-corrected chi connectivity index (χ1v) is 5.90. The Morgan fingerprint density at radius 3 is 2.89 bits per heavy atom. The third kappa shape index (κ3) is 2.04. The van der Waals surface area contributed by atoms with E-state index in [0.717, 1.165) is 11.3 Å². The summed E-state index contributed by atoms with van der Waals surface area (Å²) in [5.74, 6) is 0. The molecular formula is C13H8ClN3O2. The van der Waals surface area contributed by atoms with Crippen molar-refractivity contribution in [2.45, 2.75) is 0 Å². The molecule has 0 unspecified atom stereocenters. The molecule has 0 aliphatic rings. The second kappa shape index (κ2) is 4.37. The van der Waals surface area contributed by atoms with Crippen molar-refractivity contribution < 1.29 is 4.92 Å². The lowest BCUT2D eigenvalue weighted by Crippen LogP contribution is -1.90. The number of rotatable bonds is 2. The van der Waals surface area contributed by atoms with Gasteiger partial charge in [-0.2, -0.15) is 0 Å². The highest BCUT2D eigenvalue weighted by Crippen LogP contribution is 2.25. The number of hydrogen-bond donors (Lipinski definition) is 0. The van der Waals surface area contributed by atoms with Gasteiger partial charge in [0.05, 0.1) is 16.8 Å². The molecule has 6 heteroatoms. The first-order chi connectivity index (χ1) is 9.15. The van der Waals surface area contributed by atoms with Gasteiger partial charge in [0, 0.05) is 35.0 Å². The average molecular weight is 274 g/mol. The number of pyridine rings is 1. The van der Waals surface area contributed by atoms with Gasteiger partial charge in [0.15, 0.2) is 0 Å². The minimum atomic E-state index is -0.413. The fraction of sp³-hybridized carbons (Fsp3) is 0. The summed E-state index contributed by atoms with van der Waals surface area (Å²) in [6.45, 7) is 0.